The van der Waals surface area contributed by atoms with Gasteiger partial charge in [0.1, 0.15) is 17.3 Å². The molecule has 35 heavy (non-hydrogen) atoms. The summed E-state index contributed by atoms with van der Waals surface area (Å²) in [6, 6.07) is 4.88. The number of carbonyl (C=O) groups is 3. The van der Waals surface area contributed by atoms with Crippen LogP contribution in [0.25, 0.3) is 0 Å². The van der Waals surface area contributed by atoms with Crippen molar-refractivity contribution in [2.45, 2.75) is 19.4 Å². The first-order valence-electron chi connectivity index (χ1n) is 11.9. The molecule has 1 aliphatic carbocycles. The van der Waals surface area contributed by atoms with Crippen LogP contribution >= 0.6 is 0 Å². The van der Waals surface area contributed by atoms with Crippen LogP contribution in [0, 0.1) is 11.8 Å². The van der Waals surface area contributed by atoms with Gasteiger partial charge in [0.2, 0.25) is 5.91 Å². The Bertz CT molecular complexity index is 1140. The first kappa shape index (κ1) is 23.1. The first-order valence-corrected chi connectivity index (χ1v) is 11.9. The second-order valence-electron chi connectivity index (χ2n) is 9.23. The van der Waals surface area contributed by atoms with E-state index in [1.54, 1.807) is 45.7 Å². The van der Waals surface area contributed by atoms with Crippen LogP contribution in [0.4, 0.5) is 4.79 Å². The molecule has 0 aromatic heterocycles. The average Bonchev–Trinajstić information content (AvgIpc) is 3.74. The summed E-state index contributed by atoms with van der Waals surface area (Å²) in [4.78, 5) is 48.4. The summed E-state index contributed by atoms with van der Waals surface area (Å²) in [5, 5.41) is 0. The van der Waals surface area contributed by atoms with Crippen molar-refractivity contribution in [3.8, 4) is 11.5 Å². The Morgan fingerprint density at radius 2 is 1.74 bits per heavy atom. The average molecular weight is 481 g/mol. The van der Waals surface area contributed by atoms with Crippen molar-refractivity contribution in [1.82, 2.24) is 14.7 Å². The molecule has 1 aromatic rings. The zero-order chi connectivity index (χ0) is 24.7. The highest BCUT2D eigenvalue weighted by Crippen LogP contribution is 2.31. The second-order valence-corrected chi connectivity index (χ2v) is 9.23. The van der Waals surface area contributed by atoms with Crippen molar-refractivity contribution in [3.05, 3.63) is 36.0 Å². The molecule has 4 amide bonds. The Morgan fingerprint density at radius 3 is 2.34 bits per heavy atom. The van der Waals surface area contributed by atoms with Crippen molar-refractivity contribution in [1.29, 1.82) is 0 Å². The number of hydrogen-bond acceptors (Lipinski definition) is 6. The molecule has 0 N–H and O–H groups in total. The third-order valence-corrected chi connectivity index (χ3v) is 7.02. The zero-order valence-electron chi connectivity index (χ0n) is 20.3. The summed E-state index contributed by atoms with van der Waals surface area (Å²) >= 11 is 0. The Balaban J connectivity index is 1.41. The van der Waals surface area contributed by atoms with Crippen LogP contribution < -0.4 is 9.47 Å². The standard InChI is InChI=1S/C25H30N5O5/c1-27-22-21(20(6-7-26-22)28-8-10-29(11-9-28)23(31)17-4-5-17)24(32)30(25(27)33)15-16-12-18(34-2)14-19(13-16)35-3/h6-7,12-14,17,21H,4-5,8-11,15H2,1-3H3/q+1. The summed E-state index contributed by atoms with van der Waals surface area (Å²) in [5.74, 6) is 1.04. The zero-order valence-corrected chi connectivity index (χ0v) is 20.3. The summed E-state index contributed by atoms with van der Waals surface area (Å²) in [6.45, 7) is 2.62. The lowest BCUT2D eigenvalue weighted by molar-refractivity contribution is -0.539. The van der Waals surface area contributed by atoms with Gasteiger partial charge in [-0.25, -0.2) is 14.4 Å². The maximum atomic E-state index is 13.7. The van der Waals surface area contributed by atoms with Gasteiger partial charge in [-0.1, -0.05) is 0 Å². The molecule has 1 saturated carbocycles. The number of fused-ring (bicyclic) bond motifs is 1. The summed E-state index contributed by atoms with van der Waals surface area (Å²) in [6.07, 6.45) is 5.47. The number of benzene rings is 1. The SMILES string of the molecule is COc1cc(CN2C(=O)C3C(=NC=CC3=[N+]3CCN(C(=O)C4CC4)CC3)N(C)C2=O)cc(OC)c1. The van der Waals surface area contributed by atoms with E-state index < -0.39 is 11.9 Å². The van der Waals surface area contributed by atoms with Crippen molar-refractivity contribution in [2.75, 3.05) is 47.4 Å². The van der Waals surface area contributed by atoms with Gasteiger partial charge in [-0.2, -0.15) is 0 Å². The molecule has 5 rings (SSSR count). The molecular formula is C25H30N5O5+. The molecule has 10 heteroatoms. The van der Waals surface area contributed by atoms with Gasteiger partial charge in [0.15, 0.2) is 24.7 Å². The van der Waals surface area contributed by atoms with Crippen LogP contribution in [-0.2, 0) is 16.1 Å². The van der Waals surface area contributed by atoms with Gasteiger partial charge in [0, 0.05) is 31.3 Å². The number of methoxy groups -OCH3 is 2. The number of allylic oxidation sites excluding steroid dienone is 1. The number of piperazine rings is 1. The van der Waals surface area contributed by atoms with Crippen LogP contribution in [0.3, 0.4) is 0 Å². The highest BCUT2D eigenvalue weighted by molar-refractivity contribution is 6.30. The maximum Gasteiger partial charge on any atom is 0.332 e. The van der Waals surface area contributed by atoms with Crippen molar-refractivity contribution < 1.29 is 28.4 Å². The fourth-order valence-electron chi connectivity index (χ4n) is 4.89. The molecule has 0 spiro atoms. The molecule has 3 aliphatic heterocycles. The predicted octanol–water partition coefficient (Wildman–Crippen LogP) is 1.35. The predicted molar refractivity (Wildman–Crippen MR) is 128 cm³/mol. The number of rotatable bonds is 5. The Kier molecular flexibility index (Phi) is 6.04. The number of hydrogen-bond donors (Lipinski definition) is 0. The molecule has 3 heterocycles. The minimum Gasteiger partial charge on any atom is -0.497 e. The number of aliphatic imine (C=N–C) groups is 1. The quantitative estimate of drug-likeness (QED) is 0.593. The van der Waals surface area contributed by atoms with Gasteiger partial charge in [-0.15, -0.1) is 0 Å². The van der Waals surface area contributed by atoms with E-state index >= 15 is 0 Å². The third kappa shape index (κ3) is 4.28. The number of urea groups is 1. The molecule has 0 radical (unpaired) electrons. The largest absolute Gasteiger partial charge is 0.497 e. The monoisotopic (exact) mass is 480 g/mol. The molecular weight excluding hydrogens is 450 g/mol. The molecule has 1 aromatic carbocycles. The second kappa shape index (κ2) is 9.16. The Morgan fingerprint density at radius 1 is 1.09 bits per heavy atom. The van der Waals surface area contributed by atoms with E-state index in [0.717, 1.165) is 24.1 Å². The minimum absolute atomic E-state index is 0.0833. The number of nitrogens with zero attached hydrogens (tertiary/aromatic N) is 5. The van der Waals surface area contributed by atoms with Gasteiger partial charge in [-0.05, 0) is 30.5 Å². The number of amides is 4. The molecule has 184 valence electrons. The highest BCUT2D eigenvalue weighted by Gasteiger charge is 2.49. The first-order chi connectivity index (χ1) is 16.9. The van der Waals surface area contributed by atoms with Crippen LogP contribution in [0.5, 0.6) is 11.5 Å². The Hall–Kier alpha value is -3.69. The van der Waals surface area contributed by atoms with E-state index in [-0.39, 0.29) is 24.3 Å². The fourth-order valence-corrected chi connectivity index (χ4v) is 4.89. The van der Waals surface area contributed by atoms with Crippen LogP contribution in [-0.4, -0.2) is 96.1 Å². The molecule has 1 atom stereocenters. The summed E-state index contributed by atoms with van der Waals surface area (Å²) in [7, 11) is 4.75. The molecule has 1 unspecified atom stereocenters. The smallest absolute Gasteiger partial charge is 0.332 e. The topological polar surface area (TPSA) is 94.8 Å². The molecule has 10 nitrogen and oxygen atoms in total. The third-order valence-electron chi connectivity index (χ3n) is 7.02. The summed E-state index contributed by atoms with van der Waals surface area (Å²) < 4.78 is 12.8. The number of carbonyl (C=O) groups excluding carboxylic acids is 3. The lowest BCUT2D eigenvalue weighted by Crippen LogP contribution is -2.61. The summed E-state index contributed by atoms with van der Waals surface area (Å²) in [5.41, 5.74) is 1.53. The van der Waals surface area contributed by atoms with E-state index in [1.165, 1.54) is 9.80 Å². The van der Waals surface area contributed by atoms with Gasteiger partial charge in [0.05, 0.1) is 33.9 Å². The Labute approximate surface area is 204 Å². The van der Waals surface area contributed by atoms with Gasteiger partial charge < -0.3 is 14.4 Å². The fraction of sp³-hybridized carbons (Fsp3) is 0.480. The van der Waals surface area contributed by atoms with Crippen molar-refractivity contribution in [3.63, 3.8) is 0 Å². The van der Waals surface area contributed by atoms with Crippen molar-refractivity contribution >= 4 is 29.4 Å². The lowest BCUT2D eigenvalue weighted by Gasteiger charge is -2.38. The maximum absolute atomic E-state index is 13.7. The number of amidine groups is 1. The van der Waals surface area contributed by atoms with Crippen LogP contribution in [0.2, 0.25) is 0 Å². The highest BCUT2D eigenvalue weighted by atomic mass is 16.5. The molecule has 4 aliphatic rings. The van der Waals surface area contributed by atoms with Gasteiger partial charge in [0.25, 0.3) is 5.91 Å². The van der Waals surface area contributed by atoms with E-state index in [2.05, 4.69) is 9.57 Å². The molecule has 2 saturated heterocycles. The van der Waals surface area contributed by atoms with Crippen LogP contribution in [0.1, 0.15) is 18.4 Å². The molecule has 3 fully saturated rings. The van der Waals surface area contributed by atoms with E-state index in [0.29, 0.717) is 43.5 Å². The van der Waals surface area contributed by atoms with Crippen molar-refractivity contribution in [2.24, 2.45) is 16.8 Å². The minimum atomic E-state index is -0.680. The van der Waals surface area contributed by atoms with Crippen LogP contribution in [0.15, 0.2) is 35.5 Å². The van der Waals surface area contributed by atoms with Gasteiger partial charge in [-0.3, -0.25) is 19.4 Å². The van der Waals surface area contributed by atoms with Gasteiger partial charge >= 0.3 is 6.03 Å². The van der Waals surface area contributed by atoms with E-state index in [4.69, 9.17) is 9.47 Å². The number of ether oxygens (including phenoxy) is 2. The normalized spacial score (nSPS) is 22.3. The lowest BCUT2D eigenvalue weighted by atomic mass is 9.94. The molecule has 0 bridgehead atoms. The van der Waals surface area contributed by atoms with E-state index in [1.807, 2.05) is 11.0 Å². The number of imide groups is 1. The van der Waals surface area contributed by atoms with E-state index in [9.17, 15) is 14.4 Å².